The highest BCUT2D eigenvalue weighted by atomic mass is 16.3. The van der Waals surface area contributed by atoms with Crippen molar-refractivity contribution in [1.82, 2.24) is 9.97 Å². The van der Waals surface area contributed by atoms with Gasteiger partial charge in [0.25, 0.3) is 0 Å². The highest BCUT2D eigenvalue weighted by molar-refractivity contribution is 5.90. The zero-order valence-electron chi connectivity index (χ0n) is 38.3. The van der Waals surface area contributed by atoms with E-state index in [4.69, 9.17) is 9.97 Å². The summed E-state index contributed by atoms with van der Waals surface area (Å²) in [6.07, 6.45) is 10.9. The molecular weight excluding hydrogens is 805 g/mol. The number of hydrogen-bond donors (Lipinski definition) is 1. The molecule has 8 aromatic rings. The summed E-state index contributed by atoms with van der Waals surface area (Å²) < 4.78 is 0. The first kappa shape index (κ1) is 42.2. The van der Waals surface area contributed by atoms with Crippen molar-refractivity contribution in [2.24, 2.45) is 0 Å². The van der Waals surface area contributed by atoms with Gasteiger partial charge in [0.15, 0.2) is 0 Å². The molecule has 5 nitrogen and oxygen atoms in total. The van der Waals surface area contributed by atoms with E-state index < -0.39 is 0 Å². The van der Waals surface area contributed by atoms with E-state index in [2.05, 4.69) is 192 Å². The predicted octanol–water partition coefficient (Wildman–Crippen LogP) is 15.4. The lowest BCUT2D eigenvalue weighted by molar-refractivity contribution is 0.475. The van der Waals surface area contributed by atoms with E-state index in [-0.39, 0.29) is 34.1 Å². The second-order valence-electron chi connectivity index (χ2n) is 19.6. The van der Waals surface area contributed by atoms with E-state index in [9.17, 15) is 10.4 Å². The fraction of sp³-hybridized carbons (Fsp3) is 0.164. The molecule has 2 aromatic heterocycles. The minimum absolute atomic E-state index is 0.0918. The van der Waals surface area contributed by atoms with Crippen molar-refractivity contribution in [3.63, 3.8) is 0 Å². The van der Waals surface area contributed by atoms with E-state index in [1.165, 1.54) is 28.1 Å². The normalized spacial score (nSPS) is 15.3. The van der Waals surface area contributed by atoms with Gasteiger partial charge < -0.3 is 10.0 Å². The van der Waals surface area contributed by atoms with E-state index >= 15 is 0 Å². The summed E-state index contributed by atoms with van der Waals surface area (Å²) in [5.41, 5.74) is 16.8. The molecular formula is C61H52N4O. The lowest BCUT2D eigenvalue weighted by Gasteiger charge is -2.29. The van der Waals surface area contributed by atoms with Crippen LogP contribution in [0, 0.1) is 11.3 Å². The van der Waals surface area contributed by atoms with Crippen LogP contribution < -0.4 is 4.90 Å². The van der Waals surface area contributed by atoms with Crippen molar-refractivity contribution < 1.29 is 5.11 Å². The van der Waals surface area contributed by atoms with E-state index in [0.717, 1.165) is 55.9 Å². The number of hydrogen-bond acceptors (Lipinski definition) is 5. The number of nitriles is 1. The van der Waals surface area contributed by atoms with Gasteiger partial charge in [-0.15, -0.1) is 0 Å². The molecule has 6 aromatic carbocycles. The smallest absolute Gasteiger partial charge is 0.142 e. The standard InChI is InChI=1S/C61H52N4O/c1-60(2,3)47-31-44(32-48(37-47)61(4,5)6)45-35-55(64-56(36-45)53-33-43(30-46(38-62)59(53)66)39-17-9-7-10-18-39)42-20-15-19-41(29-42)54-34-40(27-28-63-54)50-24-16-25-52-51-23-13-14-26-57(51)65(58(50)52)49-21-11-8-12-22-49/h7-37,51,57,66H,1-6H3. The third-order valence-corrected chi connectivity index (χ3v) is 13.1. The van der Waals surface area contributed by atoms with Crippen LogP contribution >= 0.6 is 0 Å². The highest BCUT2D eigenvalue weighted by Crippen LogP contribution is 2.52. The topological polar surface area (TPSA) is 73.0 Å². The van der Waals surface area contributed by atoms with Crippen LogP contribution in [-0.2, 0) is 10.8 Å². The summed E-state index contributed by atoms with van der Waals surface area (Å²) in [5, 5.41) is 22.1. The van der Waals surface area contributed by atoms with Gasteiger partial charge in [0.2, 0.25) is 0 Å². The van der Waals surface area contributed by atoms with Gasteiger partial charge in [0, 0.05) is 40.1 Å². The van der Waals surface area contributed by atoms with Crippen molar-refractivity contribution in [2.75, 3.05) is 4.90 Å². The zero-order chi connectivity index (χ0) is 45.7. The van der Waals surface area contributed by atoms with Crippen LogP contribution in [0.4, 0.5) is 11.4 Å². The number of phenolic OH excluding ortho intramolecular Hbond substituents is 1. The summed E-state index contributed by atoms with van der Waals surface area (Å²) in [5.74, 6) is 0.160. The van der Waals surface area contributed by atoms with Crippen LogP contribution in [0.15, 0.2) is 188 Å². The fourth-order valence-electron chi connectivity index (χ4n) is 9.45. The fourth-order valence-corrected chi connectivity index (χ4v) is 9.45. The van der Waals surface area contributed by atoms with Crippen molar-refractivity contribution in [3.05, 3.63) is 210 Å². The van der Waals surface area contributed by atoms with E-state index in [1.54, 1.807) is 6.07 Å². The van der Waals surface area contributed by atoms with Crippen molar-refractivity contribution in [3.8, 4) is 79.0 Å². The maximum atomic E-state index is 11.8. The molecule has 322 valence electrons. The Bertz CT molecular complexity index is 3220. The Morgan fingerprint density at radius 2 is 1.14 bits per heavy atom. The number of allylic oxidation sites excluding steroid dienone is 2. The Morgan fingerprint density at radius 1 is 0.530 bits per heavy atom. The lowest BCUT2D eigenvalue weighted by Crippen LogP contribution is -2.28. The van der Waals surface area contributed by atoms with Crippen molar-refractivity contribution >= 4 is 11.4 Å². The van der Waals surface area contributed by atoms with Crippen molar-refractivity contribution in [1.29, 1.82) is 5.26 Å². The Morgan fingerprint density at radius 3 is 1.85 bits per heavy atom. The zero-order valence-corrected chi connectivity index (χ0v) is 38.3. The molecule has 2 unspecified atom stereocenters. The lowest BCUT2D eigenvalue weighted by atomic mass is 9.79. The van der Waals surface area contributed by atoms with Gasteiger partial charge in [0.05, 0.1) is 34.4 Å². The highest BCUT2D eigenvalue weighted by Gasteiger charge is 2.39. The molecule has 66 heavy (non-hydrogen) atoms. The molecule has 0 saturated heterocycles. The first-order valence-electron chi connectivity index (χ1n) is 22.7. The molecule has 5 heteroatoms. The van der Waals surface area contributed by atoms with Crippen LogP contribution in [0.5, 0.6) is 5.75 Å². The first-order valence-corrected chi connectivity index (χ1v) is 22.7. The van der Waals surface area contributed by atoms with Gasteiger partial charge in [-0.05, 0) is 110 Å². The summed E-state index contributed by atoms with van der Waals surface area (Å²) in [4.78, 5) is 12.8. The molecule has 0 fully saturated rings. The number of fused-ring (bicyclic) bond motifs is 3. The van der Waals surface area contributed by atoms with Crippen molar-refractivity contribution in [2.45, 2.75) is 64.3 Å². The first-order chi connectivity index (χ1) is 31.8. The van der Waals surface area contributed by atoms with Crippen LogP contribution in [-0.4, -0.2) is 21.1 Å². The average Bonchev–Trinajstić information content (AvgIpc) is 3.68. The molecule has 0 radical (unpaired) electrons. The van der Waals surface area contributed by atoms with Gasteiger partial charge in [0.1, 0.15) is 11.8 Å². The van der Waals surface area contributed by atoms with Gasteiger partial charge in [-0.3, -0.25) is 4.98 Å². The van der Waals surface area contributed by atoms with Gasteiger partial charge >= 0.3 is 0 Å². The molecule has 0 saturated carbocycles. The van der Waals surface area contributed by atoms with E-state index in [0.29, 0.717) is 11.3 Å². The molecule has 1 N–H and O–H groups in total. The SMILES string of the molecule is CC(C)(C)c1cc(-c2cc(-c3cccc(-c4cc(-c5cccc6c5N(c5ccccc5)C5C=CC=CC65)ccn4)c3)nc(-c3cc(-c4ccccc4)cc(C#N)c3O)c2)cc(C(C)(C)C)c1. The molecule has 1 aliphatic carbocycles. The molecule has 1 aliphatic heterocycles. The van der Waals surface area contributed by atoms with E-state index in [1.807, 2.05) is 42.6 Å². The number of nitrogens with zero attached hydrogens (tertiary/aromatic N) is 4. The summed E-state index contributed by atoms with van der Waals surface area (Å²) in [7, 11) is 0. The maximum absolute atomic E-state index is 11.8. The van der Waals surface area contributed by atoms with Crippen LogP contribution in [0.25, 0.3) is 67.2 Å². The summed E-state index contributed by atoms with van der Waals surface area (Å²) in [6.45, 7) is 13.5. The third kappa shape index (κ3) is 7.90. The summed E-state index contributed by atoms with van der Waals surface area (Å²) >= 11 is 0. The Hall–Kier alpha value is -7.81. The minimum Gasteiger partial charge on any atom is -0.506 e. The monoisotopic (exact) mass is 856 g/mol. The molecule has 0 spiro atoms. The molecule has 0 bridgehead atoms. The number of pyridine rings is 2. The second-order valence-corrected chi connectivity index (χ2v) is 19.6. The Balaban J connectivity index is 1.12. The molecule has 2 aliphatic rings. The quantitative estimate of drug-likeness (QED) is 0.173. The molecule has 0 amide bonds. The van der Waals surface area contributed by atoms with Crippen LogP contribution in [0.1, 0.15) is 69.7 Å². The van der Waals surface area contributed by atoms with Crippen LogP contribution in [0.2, 0.25) is 0 Å². The predicted molar refractivity (Wildman–Crippen MR) is 272 cm³/mol. The van der Waals surface area contributed by atoms with Crippen LogP contribution in [0.3, 0.4) is 0 Å². The second kappa shape index (κ2) is 16.6. The number of aromatic hydroxyl groups is 1. The maximum Gasteiger partial charge on any atom is 0.142 e. The molecule has 10 rings (SSSR count). The number of aromatic nitrogens is 2. The summed E-state index contributed by atoms with van der Waals surface area (Å²) in [6, 6.07) is 57.2. The van der Waals surface area contributed by atoms with Gasteiger partial charge in [-0.1, -0.05) is 169 Å². The number of phenols is 1. The minimum atomic E-state index is -0.0967. The Kier molecular flexibility index (Phi) is 10.6. The molecule has 3 heterocycles. The number of benzene rings is 6. The largest absolute Gasteiger partial charge is 0.506 e. The number of para-hydroxylation sites is 2. The Labute approximate surface area is 388 Å². The number of rotatable bonds is 7. The molecule has 2 atom stereocenters. The van der Waals surface area contributed by atoms with Gasteiger partial charge in [-0.2, -0.15) is 5.26 Å². The number of anilines is 2. The third-order valence-electron chi connectivity index (χ3n) is 13.1. The average molecular weight is 857 g/mol. The van der Waals surface area contributed by atoms with Gasteiger partial charge in [-0.25, -0.2) is 4.98 Å².